The van der Waals surface area contributed by atoms with Gasteiger partial charge in [0.25, 0.3) is 0 Å². The van der Waals surface area contributed by atoms with Gasteiger partial charge in [0.1, 0.15) is 12.1 Å². The van der Waals surface area contributed by atoms with Crippen LogP contribution in [0, 0.1) is 0 Å². The number of ether oxygens (including phenoxy) is 1. The number of benzene rings is 1. The van der Waals surface area contributed by atoms with Gasteiger partial charge in [-0.3, -0.25) is 4.98 Å². The Labute approximate surface area is 128 Å². The maximum absolute atomic E-state index is 6.27. The van der Waals surface area contributed by atoms with Gasteiger partial charge < -0.3 is 10.5 Å². The highest BCUT2D eigenvalue weighted by molar-refractivity contribution is 5.67. The molecule has 0 amide bonds. The van der Waals surface area contributed by atoms with E-state index in [-0.39, 0.29) is 6.04 Å². The Kier molecular flexibility index (Phi) is 4.07. The first-order valence-electron chi connectivity index (χ1n) is 6.90. The Bertz CT molecular complexity index is 761. The lowest BCUT2D eigenvalue weighted by atomic mass is 10.0. The van der Waals surface area contributed by atoms with Crippen LogP contribution in [0.3, 0.4) is 0 Å². The molecule has 1 aromatic carbocycles. The molecule has 3 aromatic rings. The topological polar surface area (TPSA) is 73.9 Å². The summed E-state index contributed by atoms with van der Waals surface area (Å²) in [7, 11) is 1.64. The van der Waals surface area contributed by atoms with Crippen LogP contribution in [-0.4, -0.2) is 22.1 Å². The van der Waals surface area contributed by atoms with Gasteiger partial charge in [0.05, 0.1) is 24.5 Å². The van der Waals surface area contributed by atoms with Gasteiger partial charge in [-0.2, -0.15) is 0 Å². The summed E-state index contributed by atoms with van der Waals surface area (Å²) >= 11 is 0. The molecule has 0 spiro atoms. The first-order chi connectivity index (χ1) is 10.8. The number of para-hydroxylation sites is 1. The number of aromatic nitrogens is 3. The van der Waals surface area contributed by atoms with Gasteiger partial charge in [0, 0.05) is 18.0 Å². The van der Waals surface area contributed by atoms with E-state index < -0.39 is 0 Å². The lowest BCUT2D eigenvalue weighted by Crippen LogP contribution is -2.14. The van der Waals surface area contributed by atoms with Crippen LogP contribution in [0.25, 0.3) is 11.3 Å². The molecule has 0 aliphatic carbocycles. The van der Waals surface area contributed by atoms with Crippen LogP contribution < -0.4 is 10.5 Å². The fourth-order valence-corrected chi connectivity index (χ4v) is 2.28. The smallest absolute Gasteiger partial charge is 0.128 e. The summed E-state index contributed by atoms with van der Waals surface area (Å²) in [6, 6.07) is 13.1. The molecule has 0 aliphatic heterocycles. The summed E-state index contributed by atoms with van der Waals surface area (Å²) in [5.41, 5.74) is 9.61. The van der Waals surface area contributed by atoms with Crippen molar-refractivity contribution >= 4 is 0 Å². The fraction of sp³-hybridized carbons (Fsp3) is 0.118. The Morgan fingerprint density at radius 2 is 1.95 bits per heavy atom. The van der Waals surface area contributed by atoms with Gasteiger partial charge in [0.15, 0.2) is 0 Å². The van der Waals surface area contributed by atoms with Crippen LogP contribution in [0.2, 0.25) is 0 Å². The first-order valence-corrected chi connectivity index (χ1v) is 6.90. The van der Waals surface area contributed by atoms with E-state index in [0.29, 0.717) is 0 Å². The molecule has 1 unspecified atom stereocenters. The van der Waals surface area contributed by atoms with Crippen LogP contribution in [0.1, 0.15) is 17.3 Å². The standard InChI is InChI=1S/C17H16N4O/c1-22-16-7-3-2-6-13(16)14-9-15(21-11-20-14)17(18)12-5-4-8-19-10-12/h2-11,17H,18H2,1H3. The molecule has 110 valence electrons. The normalized spacial score (nSPS) is 11.9. The quantitative estimate of drug-likeness (QED) is 0.800. The van der Waals surface area contributed by atoms with Gasteiger partial charge in [-0.05, 0) is 29.8 Å². The molecule has 1 atom stereocenters. The summed E-state index contributed by atoms with van der Waals surface area (Å²) < 4.78 is 5.38. The van der Waals surface area contributed by atoms with Crippen LogP contribution in [-0.2, 0) is 0 Å². The zero-order valence-corrected chi connectivity index (χ0v) is 12.2. The maximum atomic E-state index is 6.27. The molecule has 2 aromatic heterocycles. The predicted molar refractivity (Wildman–Crippen MR) is 84.3 cm³/mol. The SMILES string of the molecule is COc1ccccc1-c1cc(C(N)c2cccnc2)ncn1. The van der Waals surface area contributed by atoms with E-state index in [0.717, 1.165) is 28.3 Å². The summed E-state index contributed by atoms with van der Waals surface area (Å²) in [6.07, 6.45) is 4.99. The van der Waals surface area contributed by atoms with E-state index in [9.17, 15) is 0 Å². The van der Waals surface area contributed by atoms with E-state index >= 15 is 0 Å². The van der Waals surface area contributed by atoms with E-state index in [1.165, 1.54) is 6.33 Å². The highest BCUT2D eigenvalue weighted by Crippen LogP contribution is 2.29. The van der Waals surface area contributed by atoms with E-state index in [4.69, 9.17) is 10.5 Å². The third-order valence-corrected chi connectivity index (χ3v) is 3.43. The monoisotopic (exact) mass is 292 g/mol. The number of rotatable bonds is 4. The third-order valence-electron chi connectivity index (χ3n) is 3.43. The van der Waals surface area contributed by atoms with E-state index in [2.05, 4.69) is 15.0 Å². The zero-order valence-electron chi connectivity index (χ0n) is 12.2. The van der Waals surface area contributed by atoms with Crippen molar-refractivity contribution in [2.45, 2.75) is 6.04 Å². The van der Waals surface area contributed by atoms with Crippen molar-refractivity contribution in [3.05, 3.63) is 72.4 Å². The summed E-state index contributed by atoms with van der Waals surface area (Å²) in [5.74, 6) is 0.766. The lowest BCUT2D eigenvalue weighted by Gasteiger charge is -2.13. The first kappa shape index (κ1) is 14.2. The molecule has 5 nitrogen and oxygen atoms in total. The second kappa shape index (κ2) is 6.32. The van der Waals surface area contributed by atoms with E-state index in [1.54, 1.807) is 19.5 Å². The summed E-state index contributed by atoms with van der Waals surface area (Å²) in [5, 5.41) is 0. The molecule has 22 heavy (non-hydrogen) atoms. The molecule has 2 heterocycles. The van der Waals surface area contributed by atoms with Crippen molar-refractivity contribution in [3.8, 4) is 17.0 Å². The van der Waals surface area contributed by atoms with Crippen LogP contribution in [0.5, 0.6) is 5.75 Å². The number of methoxy groups -OCH3 is 1. The molecule has 3 rings (SSSR count). The van der Waals surface area contributed by atoms with Gasteiger partial charge in [-0.1, -0.05) is 18.2 Å². The molecule has 0 bridgehead atoms. The zero-order chi connectivity index (χ0) is 15.4. The van der Waals surface area contributed by atoms with Crippen LogP contribution >= 0.6 is 0 Å². The minimum Gasteiger partial charge on any atom is -0.496 e. The third kappa shape index (κ3) is 2.80. The molecule has 0 radical (unpaired) electrons. The molecule has 5 heteroatoms. The van der Waals surface area contributed by atoms with E-state index in [1.807, 2.05) is 42.5 Å². The molecule has 0 saturated heterocycles. The largest absolute Gasteiger partial charge is 0.496 e. The molecular weight excluding hydrogens is 276 g/mol. The van der Waals surface area contributed by atoms with Crippen molar-refractivity contribution in [2.75, 3.05) is 7.11 Å². The average Bonchev–Trinajstić information content (AvgIpc) is 2.62. The number of pyridine rings is 1. The Hall–Kier alpha value is -2.79. The van der Waals surface area contributed by atoms with Gasteiger partial charge in [-0.15, -0.1) is 0 Å². The lowest BCUT2D eigenvalue weighted by molar-refractivity contribution is 0.416. The number of hydrogen-bond donors (Lipinski definition) is 1. The highest BCUT2D eigenvalue weighted by atomic mass is 16.5. The predicted octanol–water partition coefficient (Wildman–Crippen LogP) is 2.60. The molecular formula is C17H16N4O. The highest BCUT2D eigenvalue weighted by Gasteiger charge is 2.13. The number of nitrogens with zero attached hydrogens (tertiary/aromatic N) is 3. The van der Waals surface area contributed by atoms with Crippen LogP contribution in [0.4, 0.5) is 0 Å². The average molecular weight is 292 g/mol. The minimum absolute atomic E-state index is 0.342. The Balaban J connectivity index is 2.00. The van der Waals surface area contributed by atoms with Crippen LogP contribution in [0.15, 0.2) is 61.2 Å². The van der Waals surface area contributed by atoms with Gasteiger partial charge in [0.2, 0.25) is 0 Å². The van der Waals surface area contributed by atoms with Crippen molar-refractivity contribution < 1.29 is 4.74 Å². The maximum Gasteiger partial charge on any atom is 0.128 e. The van der Waals surface area contributed by atoms with Gasteiger partial charge in [-0.25, -0.2) is 9.97 Å². The van der Waals surface area contributed by atoms with Crippen molar-refractivity contribution in [2.24, 2.45) is 5.73 Å². The van der Waals surface area contributed by atoms with Crippen molar-refractivity contribution in [1.29, 1.82) is 0 Å². The minimum atomic E-state index is -0.342. The Morgan fingerprint density at radius 3 is 2.73 bits per heavy atom. The molecule has 2 N–H and O–H groups in total. The fourth-order valence-electron chi connectivity index (χ4n) is 2.28. The number of nitrogens with two attached hydrogens (primary N) is 1. The molecule has 0 aliphatic rings. The van der Waals surface area contributed by atoms with Gasteiger partial charge >= 0.3 is 0 Å². The molecule has 0 saturated carbocycles. The summed E-state index contributed by atoms with van der Waals surface area (Å²) in [4.78, 5) is 12.7. The summed E-state index contributed by atoms with van der Waals surface area (Å²) in [6.45, 7) is 0. The Morgan fingerprint density at radius 1 is 1.09 bits per heavy atom. The second-order valence-electron chi connectivity index (χ2n) is 4.79. The second-order valence-corrected chi connectivity index (χ2v) is 4.79. The number of hydrogen-bond acceptors (Lipinski definition) is 5. The van der Waals surface area contributed by atoms with Crippen molar-refractivity contribution in [1.82, 2.24) is 15.0 Å². The van der Waals surface area contributed by atoms with Crippen molar-refractivity contribution in [3.63, 3.8) is 0 Å². The molecule has 0 fully saturated rings.